The van der Waals surface area contributed by atoms with Crippen LogP contribution in [0, 0.1) is 0 Å². The number of carbonyl (C=O) groups is 2. The zero-order valence-corrected chi connectivity index (χ0v) is 11.8. The summed E-state index contributed by atoms with van der Waals surface area (Å²) in [6.07, 6.45) is 0.292. The van der Waals surface area contributed by atoms with Crippen molar-refractivity contribution in [3.05, 3.63) is 36.0 Å². The molecule has 7 nitrogen and oxygen atoms in total. The molecule has 0 aliphatic heterocycles. The Kier molecular flexibility index (Phi) is 4.55. The van der Waals surface area contributed by atoms with Gasteiger partial charge < -0.3 is 4.74 Å². The number of hydrogen-bond acceptors (Lipinski definition) is 4. The summed E-state index contributed by atoms with van der Waals surface area (Å²) in [4.78, 5) is 22.9. The van der Waals surface area contributed by atoms with Gasteiger partial charge in [0.2, 0.25) is 5.91 Å². The Hall–Kier alpha value is -2.83. The van der Waals surface area contributed by atoms with Crippen molar-refractivity contribution in [3.8, 4) is 17.0 Å². The number of aromatic amines is 1. The van der Waals surface area contributed by atoms with E-state index in [9.17, 15) is 9.59 Å². The number of carbonyl (C=O) groups excluding carboxylic acids is 2. The minimum absolute atomic E-state index is 0.261. The van der Waals surface area contributed by atoms with Crippen LogP contribution >= 0.6 is 0 Å². The van der Waals surface area contributed by atoms with E-state index in [1.165, 1.54) is 0 Å². The van der Waals surface area contributed by atoms with Crippen LogP contribution in [0.4, 0.5) is 0 Å². The molecule has 7 heteroatoms. The molecular weight excluding hydrogens is 272 g/mol. The number of nitrogens with one attached hydrogen (secondary N) is 3. The van der Waals surface area contributed by atoms with Crippen molar-refractivity contribution in [3.63, 3.8) is 0 Å². The third-order valence-corrected chi connectivity index (χ3v) is 2.84. The van der Waals surface area contributed by atoms with E-state index in [4.69, 9.17) is 4.74 Å². The number of amides is 2. The Labute approximate surface area is 121 Å². The zero-order valence-electron chi connectivity index (χ0n) is 11.8. The van der Waals surface area contributed by atoms with Crippen LogP contribution in [0.3, 0.4) is 0 Å². The Balaban J connectivity index is 2.06. The minimum atomic E-state index is -0.455. The number of H-pyrrole nitrogens is 1. The molecule has 2 aromatic rings. The standard InChI is InChI=1S/C14H16N4O3/c1-3-13(19)17-18-14(20)12-8-11(15-16-12)9-4-6-10(21-2)7-5-9/h4-8H,3H2,1-2H3,(H,15,16)(H,17,19)(H,18,20). The van der Waals surface area contributed by atoms with Crippen molar-refractivity contribution in [1.82, 2.24) is 21.0 Å². The van der Waals surface area contributed by atoms with Gasteiger partial charge in [0, 0.05) is 12.0 Å². The summed E-state index contributed by atoms with van der Waals surface area (Å²) in [5, 5.41) is 6.70. The van der Waals surface area contributed by atoms with E-state index in [2.05, 4.69) is 21.0 Å². The van der Waals surface area contributed by atoms with Gasteiger partial charge in [-0.05, 0) is 30.3 Å². The summed E-state index contributed by atoms with van der Waals surface area (Å²) < 4.78 is 5.08. The highest BCUT2D eigenvalue weighted by molar-refractivity contribution is 5.94. The average molecular weight is 288 g/mol. The first kappa shape index (κ1) is 14.6. The first-order valence-corrected chi connectivity index (χ1v) is 6.43. The quantitative estimate of drug-likeness (QED) is 0.738. The van der Waals surface area contributed by atoms with Gasteiger partial charge in [-0.1, -0.05) is 6.92 Å². The normalized spacial score (nSPS) is 10.0. The number of rotatable bonds is 4. The predicted octanol–water partition coefficient (Wildman–Crippen LogP) is 1.26. The first-order chi connectivity index (χ1) is 10.1. The van der Waals surface area contributed by atoms with Crippen molar-refractivity contribution in [2.75, 3.05) is 7.11 Å². The molecule has 2 amide bonds. The van der Waals surface area contributed by atoms with E-state index in [1.807, 2.05) is 24.3 Å². The molecular formula is C14H16N4O3. The smallest absolute Gasteiger partial charge is 0.287 e. The van der Waals surface area contributed by atoms with Crippen LogP contribution in [0.15, 0.2) is 30.3 Å². The molecule has 3 N–H and O–H groups in total. The molecule has 2 rings (SSSR count). The second-order valence-electron chi connectivity index (χ2n) is 4.25. The van der Waals surface area contributed by atoms with Crippen molar-refractivity contribution >= 4 is 11.8 Å². The van der Waals surface area contributed by atoms with E-state index >= 15 is 0 Å². The van der Waals surface area contributed by atoms with Gasteiger partial charge in [-0.25, -0.2) is 0 Å². The van der Waals surface area contributed by atoms with Gasteiger partial charge in [0.25, 0.3) is 5.91 Å². The van der Waals surface area contributed by atoms with Crippen molar-refractivity contribution < 1.29 is 14.3 Å². The Morgan fingerprint density at radius 1 is 1.24 bits per heavy atom. The Bertz CT molecular complexity index is 634. The van der Waals surface area contributed by atoms with Crippen LogP contribution in [-0.4, -0.2) is 29.1 Å². The maximum atomic E-state index is 11.8. The summed E-state index contributed by atoms with van der Waals surface area (Å²) in [5.41, 5.74) is 6.34. The highest BCUT2D eigenvalue weighted by atomic mass is 16.5. The molecule has 0 bridgehead atoms. The van der Waals surface area contributed by atoms with Crippen LogP contribution in [0.1, 0.15) is 23.8 Å². The number of ether oxygens (including phenoxy) is 1. The molecule has 0 unspecified atom stereocenters. The second-order valence-corrected chi connectivity index (χ2v) is 4.25. The van der Waals surface area contributed by atoms with E-state index < -0.39 is 5.91 Å². The lowest BCUT2D eigenvalue weighted by Crippen LogP contribution is -2.41. The van der Waals surface area contributed by atoms with E-state index in [1.54, 1.807) is 20.1 Å². The van der Waals surface area contributed by atoms with Gasteiger partial charge in [0.15, 0.2) is 0 Å². The summed E-state index contributed by atoms with van der Waals surface area (Å²) in [5.74, 6) is 0.0248. The summed E-state index contributed by atoms with van der Waals surface area (Å²) >= 11 is 0. The SMILES string of the molecule is CCC(=O)NNC(=O)c1cc(-c2ccc(OC)cc2)n[nH]1. The molecule has 0 saturated carbocycles. The molecule has 0 radical (unpaired) electrons. The fourth-order valence-corrected chi connectivity index (χ4v) is 1.63. The summed E-state index contributed by atoms with van der Waals surface area (Å²) in [6, 6.07) is 8.91. The molecule has 0 atom stereocenters. The van der Waals surface area contributed by atoms with Gasteiger partial charge >= 0.3 is 0 Å². The van der Waals surface area contributed by atoms with E-state index in [0.29, 0.717) is 12.1 Å². The number of hydrogen-bond donors (Lipinski definition) is 3. The molecule has 0 spiro atoms. The largest absolute Gasteiger partial charge is 0.497 e. The molecule has 21 heavy (non-hydrogen) atoms. The number of nitrogens with zero attached hydrogens (tertiary/aromatic N) is 1. The predicted molar refractivity (Wildman–Crippen MR) is 76.5 cm³/mol. The number of aromatic nitrogens is 2. The molecule has 1 aromatic carbocycles. The lowest BCUT2D eigenvalue weighted by Gasteiger charge is -2.03. The maximum absolute atomic E-state index is 11.8. The third-order valence-electron chi connectivity index (χ3n) is 2.84. The van der Waals surface area contributed by atoms with Crippen LogP contribution in [0.25, 0.3) is 11.3 Å². The number of benzene rings is 1. The maximum Gasteiger partial charge on any atom is 0.287 e. The Morgan fingerprint density at radius 2 is 1.95 bits per heavy atom. The lowest BCUT2D eigenvalue weighted by molar-refractivity contribution is -0.121. The van der Waals surface area contributed by atoms with Crippen molar-refractivity contribution in [2.45, 2.75) is 13.3 Å². The van der Waals surface area contributed by atoms with Crippen LogP contribution in [0.2, 0.25) is 0 Å². The van der Waals surface area contributed by atoms with Crippen LogP contribution in [-0.2, 0) is 4.79 Å². The molecule has 1 heterocycles. The number of methoxy groups -OCH3 is 1. The molecule has 0 fully saturated rings. The van der Waals surface area contributed by atoms with Crippen LogP contribution < -0.4 is 15.6 Å². The molecule has 110 valence electrons. The van der Waals surface area contributed by atoms with Crippen molar-refractivity contribution in [2.24, 2.45) is 0 Å². The lowest BCUT2D eigenvalue weighted by atomic mass is 10.1. The molecule has 0 aliphatic carbocycles. The summed E-state index contributed by atoms with van der Waals surface area (Å²) in [7, 11) is 1.59. The summed E-state index contributed by atoms with van der Waals surface area (Å²) in [6.45, 7) is 1.69. The minimum Gasteiger partial charge on any atom is -0.497 e. The van der Waals surface area contributed by atoms with Gasteiger partial charge in [-0.2, -0.15) is 5.10 Å². The topological polar surface area (TPSA) is 96.1 Å². The Morgan fingerprint density at radius 3 is 2.57 bits per heavy atom. The zero-order chi connectivity index (χ0) is 15.2. The average Bonchev–Trinajstić information content (AvgIpc) is 3.02. The van der Waals surface area contributed by atoms with Gasteiger partial charge in [0.05, 0.1) is 12.8 Å². The van der Waals surface area contributed by atoms with E-state index in [-0.39, 0.29) is 11.6 Å². The highest BCUT2D eigenvalue weighted by Gasteiger charge is 2.11. The monoisotopic (exact) mass is 288 g/mol. The van der Waals surface area contributed by atoms with Crippen molar-refractivity contribution in [1.29, 1.82) is 0 Å². The van der Waals surface area contributed by atoms with Gasteiger partial charge in [-0.3, -0.25) is 25.5 Å². The highest BCUT2D eigenvalue weighted by Crippen LogP contribution is 2.20. The van der Waals surface area contributed by atoms with E-state index in [0.717, 1.165) is 11.3 Å². The molecule has 0 saturated heterocycles. The molecule has 1 aromatic heterocycles. The van der Waals surface area contributed by atoms with Crippen LogP contribution in [0.5, 0.6) is 5.75 Å². The van der Waals surface area contributed by atoms with Gasteiger partial charge in [-0.15, -0.1) is 0 Å². The first-order valence-electron chi connectivity index (χ1n) is 6.43. The molecule has 0 aliphatic rings. The fourth-order valence-electron chi connectivity index (χ4n) is 1.63. The number of hydrazine groups is 1. The fraction of sp³-hybridized carbons (Fsp3) is 0.214. The third kappa shape index (κ3) is 3.59. The van der Waals surface area contributed by atoms with Gasteiger partial charge in [0.1, 0.15) is 11.4 Å². The second kappa shape index (κ2) is 6.56.